The van der Waals surface area contributed by atoms with Gasteiger partial charge in [-0.2, -0.15) is 0 Å². The number of nitrogens with one attached hydrogen (secondary N) is 1. The monoisotopic (exact) mass is 591 g/mol. The average Bonchev–Trinajstić information content (AvgIpc) is 3.10. The summed E-state index contributed by atoms with van der Waals surface area (Å²) in [5, 5.41) is 11.0. The topological polar surface area (TPSA) is 12.0 Å². The first-order valence-corrected chi connectivity index (χ1v) is 16.3. The summed E-state index contributed by atoms with van der Waals surface area (Å²) >= 11 is 0. The lowest BCUT2D eigenvalue weighted by molar-refractivity contribution is 0.862. The second-order valence-electron chi connectivity index (χ2n) is 12.9. The Balaban J connectivity index is 1.27. The van der Waals surface area contributed by atoms with E-state index >= 15 is 0 Å². The quantitative estimate of drug-likeness (QED) is 0.196. The molecule has 0 aliphatic carbocycles. The van der Waals surface area contributed by atoms with Crippen LogP contribution in [0.2, 0.25) is 0 Å². The number of aryl methyl sites for hydroxylation is 1. The van der Waals surface area contributed by atoms with Gasteiger partial charge in [-0.1, -0.05) is 141 Å². The van der Waals surface area contributed by atoms with Crippen LogP contribution in [0.1, 0.15) is 36.5 Å². The number of allylic oxidation sites excluding steroid dienone is 2. The Labute approximate surface area is 271 Å². The second-order valence-corrected chi connectivity index (χ2v) is 12.9. The van der Waals surface area contributed by atoms with E-state index in [1.807, 2.05) is 0 Å². The lowest BCUT2D eigenvalue weighted by atomic mass is 9.85. The van der Waals surface area contributed by atoms with Gasteiger partial charge in [-0.05, 0) is 113 Å². The van der Waals surface area contributed by atoms with Crippen LogP contribution in [0.15, 0.2) is 146 Å². The molecule has 0 amide bonds. The van der Waals surface area contributed by atoms with Crippen molar-refractivity contribution in [2.24, 2.45) is 0 Å². The van der Waals surface area contributed by atoms with Gasteiger partial charge in [-0.25, -0.2) is 0 Å². The standard InChI is InChI=1S/C45H37N/c1-29(2)38-22-21-34(27-43(38)37-12-9-23-46-28-37)32-17-18-33-26-36(20-19-31(33)25-32)45-41-15-6-4-13-39(41)44(35-11-8-10-30(3)24-35)40-14-5-7-16-42(40)45/h4-22,24-29,46H,23H2,1-3H3. The lowest BCUT2D eigenvalue weighted by Crippen LogP contribution is -2.09. The molecule has 1 heterocycles. The molecule has 0 aromatic heterocycles. The zero-order valence-electron chi connectivity index (χ0n) is 26.6. The van der Waals surface area contributed by atoms with Crippen molar-refractivity contribution in [3.05, 3.63) is 162 Å². The molecule has 0 saturated heterocycles. The highest BCUT2D eigenvalue weighted by Gasteiger charge is 2.17. The van der Waals surface area contributed by atoms with Crippen molar-refractivity contribution in [2.45, 2.75) is 26.7 Å². The third kappa shape index (κ3) is 4.89. The Morgan fingerprint density at radius 3 is 1.70 bits per heavy atom. The summed E-state index contributed by atoms with van der Waals surface area (Å²) < 4.78 is 0. The molecule has 8 rings (SSSR count). The first kappa shape index (κ1) is 28.1. The Kier molecular flexibility index (Phi) is 7.03. The molecule has 7 aromatic rings. The van der Waals surface area contributed by atoms with Crippen LogP contribution in [0, 0.1) is 6.92 Å². The smallest absolute Gasteiger partial charge is 0.0328 e. The van der Waals surface area contributed by atoms with Crippen molar-refractivity contribution < 1.29 is 0 Å². The van der Waals surface area contributed by atoms with Crippen molar-refractivity contribution >= 4 is 37.9 Å². The first-order valence-electron chi connectivity index (χ1n) is 16.3. The van der Waals surface area contributed by atoms with Gasteiger partial charge < -0.3 is 5.32 Å². The maximum Gasteiger partial charge on any atom is 0.0328 e. The molecule has 0 bridgehead atoms. The van der Waals surface area contributed by atoms with Gasteiger partial charge >= 0.3 is 0 Å². The summed E-state index contributed by atoms with van der Waals surface area (Å²) in [4.78, 5) is 0. The van der Waals surface area contributed by atoms with Crippen molar-refractivity contribution in [2.75, 3.05) is 6.54 Å². The molecule has 1 nitrogen and oxygen atoms in total. The van der Waals surface area contributed by atoms with Crippen molar-refractivity contribution in [1.29, 1.82) is 0 Å². The highest BCUT2D eigenvalue weighted by molar-refractivity contribution is 6.21. The maximum atomic E-state index is 3.39. The minimum atomic E-state index is 0.452. The zero-order valence-corrected chi connectivity index (χ0v) is 26.6. The highest BCUT2D eigenvalue weighted by Crippen LogP contribution is 2.44. The van der Waals surface area contributed by atoms with Crippen molar-refractivity contribution in [1.82, 2.24) is 5.32 Å². The van der Waals surface area contributed by atoms with Crippen molar-refractivity contribution in [3.63, 3.8) is 0 Å². The lowest BCUT2D eigenvalue weighted by Gasteiger charge is -2.19. The summed E-state index contributed by atoms with van der Waals surface area (Å²) in [6, 6.07) is 47.5. The van der Waals surface area contributed by atoms with Gasteiger partial charge in [0.25, 0.3) is 0 Å². The van der Waals surface area contributed by atoms with Crippen LogP contribution in [-0.2, 0) is 0 Å². The third-order valence-electron chi connectivity index (χ3n) is 9.48. The number of rotatable bonds is 5. The molecule has 0 spiro atoms. The number of dihydropyridines is 1. The van der Waals surface area contributed by atoms with Gasteiger partial charge in [0.2, 0.25) is 0 Å². The first-order chi connectivity index (χ1) is 22.5. The summed E-state index contributed by atoms with van der Waals surface area (Å²) in [7, 11) is 0. The van der Waals surface area contributed by atoms with Gasteiger partial charge in [-0.3, -0.25) is 0 Å². The van der Waals surface area contributed by atoms with E-state index in [9.17, 15) is 0 Å². The second kappa shape index (κ2) is 11.5. The summed E-state index contributed by atoms with van der Waals surface area (Å²) in [6.07, 6.45) is 6.58. The molecule has 0 radical (unpaired) electrons. The molecule has 1 N–H and O–H groups in total. The Morgan fingerprint density at radius 1 is 0.543 bits per heavy atom. The van der Waals surface area contributed by atoms with E-state index in [1.54, 1.807) is 0 Å². The molecule has 1 aliphatic heterocycles. The van der Waals surface area contributed by atoms with E-state index in [0.717, 1.165) is 6.54 Å². The van der Waals surface area contributed by atoms with Crippen LogP contribution in [-0.4, -0.2) is 6.54 Å². The SMILES string of the molecule is Cc1cccc(-c2c3ccccc3c(-c3ccc4cc(-c5ccc(C(C)C)c(C6=CNCC=C6)c5)ccc4c3)c3ccccc23)c1. The van der Waals surface area contributed by atoms with Crippen LogP contribution in [0.3, 0.4) is 0 Å². The fraction of sp³-hybridized carbons (Fsp3) is 0.111. The Morgan fingerprint density at radius 2 is 1.11 bits per heavy atom. The molecule has 0 unspecified atom stereocenters. The average molecular weight is 592 g/mol. The molecule has 7 aromatic carbocycles. The molecule has 1 aliphatic rings. The maximum absolute atomic E-state index is 3.39. The summed E-state index contributed by atoms with van der Waals surface area (Å²) in [6.45, 7) is 7.60. The number of benzene rings is 7. The predicted molar refractivity (Wildman–Crippen MR) is 199 cm³/mol. The molecule has 222 valence electrons. The molecular formula is C45H37N. The van der Waals surface area contributed by atoms with Gasteiger partial charge in [0.15, 0.2) is 0 Å². The molecule has 0 atom stereocenters. The normalized spacial score (nSPS) is 13.0. The van der Waals surface area contributed by atoms with E-state index < -0.39 is 0 Å². The largest absolute Gasteiger partial charge is 0.387 e. The van der Waals surface area contributed by atoms with E-state index in [0.29, 0.717) is 5.92 Å². The Bertz CT molecular complexity index is 2290. The highest BCUT2D eigenvalue weighted by atomic mass is 14.8. The van der Waals surface area contributed by atoms with E-state index in [1.165, 1.54) is 88.0 Å². The van der Waals surface area contributed by atoms with Crippen LogP contribution in [0.5, 0.6) is 0 Å². The van der Waals surface area contributed by atoms with Crippen LogP contribution in [0.25, 0.3) is 71.3 Å². The summed E-state index contributed by atoms with van der Waals surface area (Å²) in [5.41, 5.74) is 12.8. The molecule has 0 saturated carbocycles. The number of hydrogen-bond donors (Lipinski definition) is 1. The van der Waals surface area contributed by atoms with E-state index in [2.05, 4.69) is 172 Å². The fourth-order valence-electron chi connectivity index (χ4n) is 7.26. The minimum Gasteiger partial charge on any atom is -0.387 e. The predicted octanol–water partition coefficient (Wildman–Crippen LogP) is 12.1. The molecule has 0 fully saturated rings. The Hall–Kier alpha value is -5.40. The summed E-state index contributed by atoms with van der Waals surface area (Å²) in [5.74, 6) is 0.452. The van der Waals surface area contributed by atoms with Crippen LogP contribution >= 0.6 is 0 Å². The number of hydrogen-bond acceptors (Lipinski definition) is 1. The molecule has 1 heteroatoms. The minimum absolute atomic E-state index is 0.452. The van der Waals surface area contributed by atoms with Gasteiger partial charge in [0.05, 0.1) is 0 Å². The van der Waals surface area contributed by atoms with Crippen LogP contribution in [0.4, 0.5) is 0 Å². The molecular weight excluding hydrogens is 555 g/mol. The van der Waals surface area contributed by atoms with Gasteiger partial charge in [0, 0.05) is 12.7 Å². The number of fused-ring (bicyclic) bond motifs is 3. The molecule has 46 heavy (non-hydrogen) atoms. The van der Waals surface area contributed by atoms with E-state index in [-0.39, 0.29) is 0 Å². The van der Waals surface area contributed by atoms with E-state index in [4.69, 9.17) is 0 Å². The van der Waals surface area contributed by atoms with Gasteiger partial charge in [-0.15, -0.1) is 0 Å². The zero-order chi connectivity index (χ0) is 31.2. The van der Waals surface area contributed by atoms with Crippen molar-refractivity contribution in [3.8, 4) is 33.4 Å². The van der Waals surface area contributed by atoms with Crippen LogP contribution < -0.4 is 5.32 Å². The third-order valence-corrected chi connectivity index (χ3v) is 9.48. The van der Waals surface area contributed by atoms with Gasteiger partial charge in [0.1, 0.15) is 0 Å². The fourth-order valence-corrected chi connectivity index (χ4v) is 7.26.